The van der Waals surface area contributed by atoms with Crippen molar-refractivity contribution >= 4 is 27.4 Å². The molecule has 102 valence electrons. The highest BCUT2D eigenvalue weighted by Crippen LogP contribution is 2.29. The number of nitrogens with zero attached hydrogens (tertiary/aromatic N) is 1. The zero-order valence-corrected chi connectivity index (χ0v) is 10.4. The molecular formula is C7H6F3NO5S2. The predicted molar refractivity (Wildman–Crippen MR) is 53.7 cm³/mol. The van der Waals surface area contributed by atoms with Crippen LogP contribution >= 0.6 is 11.3 Å². The van der Waals surface area contributed by atoms with E-state index in [-0.39, 0.29) is 11.5 Å². The zero-order valence-electron chi connectivity index (χ0n) is 8.72. The molecule has 0 radical (unpaired) electrons. The second-order valence-electron chi connectivity index (χ2n) is 2.69. The van der Waals surface area contributed by atoms with E-state index in [1.54, 1.807) is 0 Å². The number of rotatable bonds is 4. The van der Waals surface area contributed by atoms with E-state index in [4.69, 9.17) is 0 Å². The Morgan fingerprint density at radius 1 is 1.50 bits per heavy atom. The van der Waals surface area contributed by atoms with E-state index < -0.39 is 26.8 Å². The van der Waals surface area contributed by atoms with Crippen molar-refractivity contribution in [2.75, 3.05) is 6.61 Å². The normalized spacial score (nSPS) is 12.2. The number of esters is 1. The monoisotopic (exact) mass is 305 g/mol. The second kappa shape index (κ2) is 5.10. The van der Waals surface area contributed by atoms with Crippen LogP contribution in [0.4, 0.5) is 13.2 Å². The maximum absolute atomic E-state index is 12.0. The van der Waals surface area contributed by atoms with E-state index in [1.165, 1.54) is 6.92 Å². The van der Waals surface area contributed by atoms with Crippen LogP contribution in [-0.4, -0.2) is 31.5 Å². The molecule has 0 fully saturated rings. The molecule has 0 aliphatic heterocycles. The number of alkyl halides is 3. The number of halogens is 3. The van der Waals surface area contributed by atoms with Gasteiger partial charge >= 0.3 is 21.6 Å². The van der Waals surface area contributed by atoms with Crippen LogP contribution in [0.3, 0.4) is 0 Å². The maximum atomic E-state index is 12.0. The minimum atomic E-state index is -5.78. The summed E-state index contributed by atoms with van der Waals surface area (Å²) in [5.41, 5.74) is -5.55. The second-order valence-corrected chi connectivity index (χ2v) is 5.23. The van der Waals surface area contributed by atoms with E-state index >= 15 is 0 Å². The Morgan fingerprint density at radius 3 is 2.61 bits per heavy atom. The molecule has 0 N–H and O–H groups in total. The molecule has 0 aliphatic rings. The molecule has 0 spiro atoms. The van der Waals surface area contributed by atoms with Crippen LogP contribution in [0, 0.1) is 0 Å². The topological polar surface area (TPSA) is 82.6 Å². The van der Waals surface area contributed by atoms with Crippen molar-refractivity contribution < 1.29 is 35.3 Å². The molecule has 1 rings (SSSR count). The summed E-state index contributed by atoms with van der Waals surface area (Å²) < 4.78 is 65.5. The van der Waals surface area contributed by atoms with Gasteiger partial charge in [-0.1, -0.05) is 11.3 Å². The average Bonchev–Trinajstić information content (AvgIpc) is 2.64. The maximum Gasteiger partial charge on any atom is 0.534 e. The van der Waals surface area contributed by atoms with Crippen LogP contribution in [0.5, 0.6) is 5.19 Å². The molecule has 11 heteroatoms. The smallest absolute Gasteiger partial charge is 0.462 e. The van der Waals surface area contributed by atoms with E-state index in [2.05, 4.69) is 13.9 Å². The lowest BCUT2D eigenvalue weighted by Crippen LogP contribution is -2.27. The quantitative estimate of drug-likeness (QED) is 0.477. The summed E-state index contributed by atoms with van der Waals surface area (Å²) in [5.74, 6) is -0.825. The molecule has 1 heterocycles. The Morgan fingerprint density at radius 2 is 2.11 bits per heavy atom. The first-order valence-corrected chi connectivity index (χ1v) is 6.53. The third-order valence-electron chi connectivity index (χ3n) is 1.43. The summed E-state index contributed by atoms with van der Waals surface area (Å²) in [6.07, 6.45) is 0.865. The number of ether oxygens (including phenoxy) is 1. The third-order valence-corrected chi connectivity index (χ3v) is 3.33. The van der Waals surface area contributed by atoms with E-state index in [0.29, 0.717) is 11.3 Å². The van der Waals surface area contributed by atoms with Gasteiger partial charge in [0.25, 0.3) is 5.19 Å². The molecule has 0 amide bonds. The van der Waals surface area contributed by atoms with Crippen LogP contribution in [0.1, 0.15) is 16.6 Å². The van der Waals surface area contributed by atoms with Crippen LogP contribution in [0.25, 0.3) is 0 Å². The van der Waals surface area contributed by atoms with Gasteiger partial charge in [0.15, 0.2) is 0 Å². The largest absolute Gasteiger partial charge is 0.534 e. The van der Waals surface area contributed by atoms with Gasteiger partial charge in [0, 0.05) is 0 Å². The highest BCUT2D eigenvalue weighted by atomic mass is 32.2. The van der Waals surface area contributed by atoms with Gasteiger partial charge in [-0.3, -0.25) is 0 Å². The minimum absolute atomic E-state index is 0.0633. The molecule has 0 atom stereocenters. The fraction of sp³-hybridized carbons (Fsp3) is 0.429. The molecule has 1 aromatic rings. The lowest BCUT2D eigenvalue weighted by molar-refractivity contribution is -0.0500. The molecule has 0 unspecified atom stereocenters. The molecule has 1 aromatic heterocycles. The predicted octanol–water partition coefficient (Wildman–Crippen LogP) is 1.55. The molecule has 0 aliphatic carbocycles. The lowest BCUT2D eigenvalue weighted by Gasteiger charge is -2.05. The fourth-order valence-electron chi connectivity index (χ4n) is 0.734. The molecule has 0 saturated carbocycles. The Bertz CT molecular complexity index is 536. The highest BCUT2D eigenvalue weighted by molar-refractivity contribution is 7.88. The van der Waals surface area contributed by atoms with Crippen LogP contribution in [-0.2, 0) is 14.9 Å². The summed E-state index contributed by atoms with van der Waals surface area (Å²) in [5, 5.41) is -0.810. The van der Waals surface area contributed by atoms with Crippen LogP contribution in [0.15, 0.2) is 6.20 Å². The first-order valence-electron chi connectivity index (χ1n) is 4.31. The van der Waals surface area contributed by atoms with E-state index in [0.717, 1.165) is 6.20 Å². The standard InChI is InChI=1S/C7H6F3NO5S2/c1-2-15-5(12)4-3-11-6(17-4)16-18(13,14)7(8,9)10/h3H,2H2,1H3. The van der Waals surface area contributed by atoms with Gasteiger partial charge in [0.05, 0.1) is 12.8 Å². The summed E-state index contributed by atoms with van der Waals surface area (Å²) in [4.78, 5) is 14.2. The molecule has 6 nitrogen and oxygen atoms in total. The Balaban J connectivity index is 2.86. The number of carbonyl (C=O) groups is 1. The number of carbonyl (C=O) groups excluding carboxylic acids is 1. The summed E-state index contributed by atoms with van der Waals surface area (Å²) >= 11 is 0.337. The summed E-state index contributed by atoms with van der Waals surface area (Å²) in [7, 11) is -5.78. The SMILES string of the molecule is CCOC(=O)c1cnc(OS(=O)(=O)C(F)(F)F)s1. The van der Waals surface area contributed by atoms with Crippen LogP contribution in [0.2, 0.25) is 0 Å². The van der Waals surface area contributed by atoms with Crippen molar-refractivity contribution in [1.82, 2.24) is 4.98 Å². The van der Waals surface area contributed by atoms with Gasteiger partial charge in [0.1, 0.15) is 4.88 Å². The summed E-state index contributed by atoms with van der Waals surface area (Å²) in [6, 6.07) is 0. The lowest BCUT2D eigenvalue weighted by atomic mass is 10.6. The zero-order chi connectivity index (χ0) is 14.0. The molecular weight excluding hydrogens is 299 g/mol. The number of thiazole rings is 1. The van der Waals surface area contributed by atoms with Crippen molar-refractivity contribution in [2.24, 2.45) is 0 Å². The van der Waals surface area contributed by atoms with Crippen molar-refractivity contribution in [3.05, 3.63) is 11.1 Å². The number of hydrogen-bond donors (Lipinski definition) is 0. The minimum Gasteiger partial charge on any atom is -0.462 e. The third kappa shape index (κ3) is 3.32. The molecule has 18 heavy (non-hydrogen) atoms. The van der Waals surface area contributed by atoms with Gasteiger partial charge in [0.2, 0.25) is 0 Å². The fourth-order valence-corrected chi connectivity index (χ4v) is 2.01. The van der Waals surface area contributed by atoms with Crippen LogP contribution < -0.4 is 4.18 Å². The Kier molecular flexibility index (Phi) is 4.16. The van der Waals surface area contributed by atoms with Gasteiger partial charge < -0.3 is 8.92 Å². The van der Waals surface area contributed by atoms with Gasteiger partial charge in [-0.25, -0.2) is 9.78 Å². The Hall–Kier alpha value is -1.36. The van der Waals surface area contributed by atoms with E-state index in [1.807, 2.05) is 0 Å². The Labute approximate surface area is 103 Å². The van der Waals surface area contributed by atoms with E-state index in [9.17, 15) is 26.4 Å². The van der Waals surface area contributed by atoms with Crippen molar-refractivity contribution in [3.8, 4) is 5.19 Å². The summed E-state index contributed by atoms with van der Waals surface area (Å²) in [6.45, 7) is 1.60. The van der Waals surface area contributed by atoms with Gasteiger partial charge in [-0.2, -0.15) is 21.6 Å². The first kappa shape index (κ1) is 14.7. The van der Waals surface area contributed by atoms with Gasteiger partial charge in [-0.15, -0.1) is 0 Å². The molecule has 0 aromatic carbocycles. The van der Waals surface area contributed by atoms with Gasteiger partial charge in [-0.05, 0) is 6.92 Å². The average molecular weight is 305 g/mol. The highest BCUT2D eigenvalue weighted by Gasteiger charge is 2.49. The number of aromatic nitrogens is 1. The van der Waals surface area contributed by atoms with Crippen molar-refractivity contribution in [2.45, 2.75) is 12.4 Å². The van der Waals surface area contributed by atoms with Crippen molar-refractivity contribution in [3.63, 3.8) is 0 Å². The van der Waals surface area contributed by atoms with Crippen molar-refractivity contribution in [1.29, 1.82) is 0 Å². The molecule has 0 bridgehead atoms. The molecule has 0 saturated heterocycles. The first-order chi connectivity index (χ1) is 8.17. The number of hydrogen-bond acceptors (Lipinski definition) is 7.